The number of rotatable bonds is 4. The van der Waals surface area contributed by atoms with E-state index in [1.807, 2.05) is 0 Å². The molecule has 0 unspecified atom stereocenters. The lowest BCUT2D eigenvalue weighted by molar-refractivity contribution is 0.385. The van der Waals surface area contributed by atoms with E-state index in [2.05, 4.69) is 22.6 Å². The summed E-state index contributed by atoms with van der Waals surface area (Å²) >= 11 is 2.09. The Bertz CT molecular complexity index is 714. The van der Waals surface area contributed by atoms with Crippen LogP contribution in [0.15, 0.2) is 47.4 Å². The van der Waals surface area contributed by atoms with E-state index in [0.29, 0.717) is 0 Å². The van der Waals surface area contributed by atoms with Gasteiger partial charge >= 0.3 is 10.1 Å². The standard InChI is InChI=1S/C13H10FIO4S/c1-18-13-7-6-11(8-12(13)14)20(16,17)19-10-4-2-9(15)3-5-10/h2-8H,1H3. The summed E-state index contributed by atoms with van der Waals surface area (Å²) in [4.78, 5) is -0.269. The predicted molar refractivity (Wildman–Crippen MR) is 79.9 cm³/mol. The van der Waals surface area contributed by atoms with Gasteiger partial charge in [-0.3, -0.25) is 0 Å². The molecule has 0 heterocycles. The normalized spacial score (nSPS) is 11.2. The van der Waals surface area contributed by atoms with Gasteiger partial charge < -0.3 is 8.92 Å². The molecule has 2 rings (SSSR count). The summed E-state index contributed by atoms with van der Waals surface area (Å²) in [5.41, 5.74) is 0. The van der Waals surface area contributed by atoms with Crippen molar-refractivity contribution in [3.63, 3.8) is 0 Å². The van der Waals surface area contributed by atoms with Crippen LogP contribution in [0.4, 0.5) is 4.39 Å². The van der Waals surface area contributed by atoms with Crippen molar-refractivity contribution in [2.24, 2.45) is 0 Å². The fraction of sp³-hybridized carbons (Fsp3) is 0.0769. The second-order valence-corrected chi connectivity index (χ2v) is 6.58. The van der Waals surface area contributed by atoms with Gasteiger partial charge in [0.1, 0.15) is 10.6 Å². The minimum Gasteiger partial charge on any atom is -0.494 e. The van der Waals surface area contributed by atoms with Crippen LogP contribution in [0.2, 0.25) is 0 Å². The number of methoxy groups -OCH3 is 1. The van der Waals surface area contributed by atoms with Gasteiger partial charge in [-0.1, -0.05) is 0 Å². The first-order chi connectivity index (χ1) is 9.42. The minimum absolute atomic E-state index is 0.0294. The van der Waals surface area contributed by atoms with Crippen LogP contribution in [0.1, 0.15) is 0 Å². The number of benzene rings is 2. The largest absolute Gasteiger partial charge is 0.494 e. The van der Waals surface area contributed by atoms with Crippen LogP contribution < -0.4 is 8.92 Å². The molecule has 2 aromatic rings. The van der Waals surface area contributed by atoms with Crippen molar-refractivity contribution >= 4 is 32.7 Å². The third kappa shape index (κ3) is 3.40. The Morgan fingerprint density at radius 1 is 1.10 bits per heavy atom. The zero-order valence-electron chi connectivity index (χ0n) is 10.3. The van der Waals surface area contributed by atoms with Crippen LogP contribution in [0.3, 0.4) is 0 Å². The van der Waals surface area contributed by atoms with Crippen LogP contribution in [0.25, 0.3) is 0 Å². The van der Waals surface area contributed by atoms with E-state index in [9.17, 15) is 12.8 Å². The van der Waals surface area contributed by atoms with Crippen LogP contribution in [0, 0.1) is 9.39 Å². The van der Waals surface area contributed by atoms with Gasteiger partial charge in [0, 0.05) is 3.57 Å². The number of ether oxygens (including phenoxy) is 1. The first kappa shape index (κ1) is 15.0. The molecule has 0 spiro atoms. The Kier molecular flexibility index (Phi) is 4.48. The maximum Gasteiger partial charge on any atom is 0.339 e. The van der Waals surface area contributed by atoms with Crippen LogP contribution in [0.5, 0.6) is 11.5 Å². The van der Waals surface area contributed by atoms with Crippen molar-refractivity contribution in [3.05, 3.63) is 51.9 Å². The molecule has 0 aromatic heterocycles. The zero-order chi connectivity index (χ0) is 14.8. The molecule has 0 aliphatic rings. The molecule has 106 valence electrons. The Balaban J connectivity index is 2.30. The van der Waals surface area contributed by atoms with Gasteiger partial charge in [0.05, 0.1) is 7.11 Å². The van der Waals surface area contributed by atoms with Gasteiger partial charge in [-0.2, -0.15) is 8.42 Å². The molecule has 2 aromatic carbocycles. The highest BCUT2D eigenvalue weighted by molar-refractivity contribution is 14.1. The first-order valence-corrected chi connectivity index (χ1v) is 7.94. The van der Waals surface area contributed by atoms with Crippen LogP contribution in [-0.4, -0.2) is 15.5 Å². The predicted octanol–water partition coefficient (Wildman–Crippen LogP) is 3.21. The maximum absolute atomic E-state index is 13.5. The summed E-state index contributed by atoms with van der Waals surface area (Å²) in [5, 5.41) is 0. The van der Waals surface area contributed by atoms with Crippen LogP contribution >= 0.6 is 22.6 Å². The highest BCUT2D eigenvalue weighted by Gasteiger charge is 2.19. The van der Waals surface area contributed by atoms with Gasteiger partial charge in [0.15, 0.2) is 11.6 Å². The SMILES string of the molecule is COc1ccc(S(=O)(=O)Oc2ccc(I)cc2)cc1F. The van der Waals surface area contributed by atoms with E-state index in [1.54, 1.807) is 12.1 Å². The minimum atomic E-state index is -4.07. The molecule has 0 bridgehead atoms. The highest BCUT2D eigenvalue weighted by Crippen LogP contribution is 2.24. The fourth-order valence-electron chi connectivity index (χ4n) is 1.47. The summed E-state index contributed by atoms with van der Waals surface area (Å²) in [5.74, 6) is -0.625. The molecule has 0 fully saturated rings. The smallest absolute Gasteiger partial charge is 0.339 e. The van der Waals surface area contributed by atoms with E-state index in [-0.39, 0.29) is 16.4 Å². The van der Waals surface area contributed by atoms with Gasteiger partial charge in [-0.15, -0.1) is 0 Å². The summed E-state index contributed by atoms with van der Waals surface area (Å²) in [6.07, 6.45) is 0. The van der Waals surface area contributed by atoms with Crippen molar-refractivity contribution in [2.45, 2.75) is 4.90 Å². The van der Waals surface area contributed by atoms with Gasteiger partial charge in [-0.25, -0.2) is 4.39 Å². The summed E-state index contributed by atoms with van der Waals surface area (Å²) in [7, 11) is -2.77. The highest BCUT2D eigenvalue weighted by atomic mass is 127. The Morgan fingerprint density at radius 3 is 2.30 bits per heavy atom. The first-order valence-electron chi connectivity index (χ1n) is 5.46. The topological polar surface area (TPSA) is 52.6 Å². The zero-order valence-corrected chi connectivity index (χ0v) is 13.3. The third-order valence-corrected chi connectivity index (χ3v) is 4.39. The van der Waals surface area contributed by atoms with Crippen molar-refractivity contribution in [3.8, 4) is 11.5 Å². The second-order valence-electron chi connectivity index (χ2n) is 3.79. The van der Waals surface area contributed by atoms with Gasteiger partial charge in [-0.05, 0) is 65.1 Å². The monoisotopic (exact) mass is 408 g/mol. The van der Waals surface area contributed by atoms with Crippen molar-refractivity contribution in [1.82, 2.24) is 0 Å². The molecule has 0 radical (unpaired) electrons. The molecule has 0 aliphatic carbocycles. The van der Waals surface area contributed by atoms with E-state index >= 15 is 0 Å². The van der Waals surface area contributed by atoms with Crippen molar-refractivity contribution < 1.29 is 21.7 Å². The molecule has 0 saturated carbocycles. The van der Waals surface area contributed by atoms with Crippen molar-refractivity contribution in [1.29, 1.82) is 0 Å². The number of hydrogen-bond acceptors (Lipinski definition) is 4. The van der Waals surface area contributed by atoms with E-state index in [1.165, 1.54) is 31.4 Å². The molecular weight excluding hydrogens is 398 g/mol. The maximum atomic E-state index is 13.5. The van der Waals surface area contributed by atoms with Crippen LogP contribution in [-0.2, 0) is 10.1 Å². The van der Waals surface area contributed by atoms with E-state index in [4.69, 9.17) is 8.92 Å². The van der Waals surface area contributed by atoms with Crippen molar-refractivity contribution in [2.75, 3.05) is 7.11 Å². The lowest BCUT2D eigenvalue weighted by Crippen LogP contribution is -2.10. The fourth-order valence-corrected chi connectivity index (χ4v) is 2.77. The summed E-state index contributed by atoms with van der Waals surface area (Å²) < 4.78 is 48.2. The van der Waals surface area contributed by atoms with E-state index < -0.39 is 15.9 Å². The average molecular weight is 408 g/mol. The Morgan fingerprint density at radius 2 is 1.75 bits per heavy atom. The number of halogens is 2. The molecule has 0 amide bonds. The average Bonchev–Trinajstić information content (AvgIpc) is 2.41. The molecule has 0 aliphatic heterocycles. The molecule has 0 N–H and O–H groups in total. The number of hydrogen-bond donors (Lipinski definition) is 0. The molecule has 4 nitrogen and oxygen atoms in total. The molecular formula is C13H10FIO4S. The summed E-state index contributed by atoms with van der Waals surface area (Å²) in [6, 6.07) is 9.79. The molecule has 20 heavy (non-hydrogen) atoms. The Labute approximate surface area is 129 Å². The van der Waals surface area contributed by atoms with Gasteiger partial charge in [0.2, 0.25) is 0 Å². The molecule has 0 atom stereocenters. The second kappa shape index (κ2) is 5.96. The Hall–Kier alpha value is -1.35. The summed E-state index contributed by atoms with van der Waals surface area (Å²) in [6.45, 7) is 0. The quantitative estimate of drug-likeness (QED) is 0.576. The molecule has 7 heteroatoms. The third-order valence-electron chi connectivity index (χ3n) is 2.43. The lowest BCUT2D eigenvalue weighted by Gasteiger charge is -2.08. The van der Waals surface area contributed by atoms with Gasteiger partial charge in [0.25, 0.3) is 0 Å². The molecule has 0 saturated heterocycles. The van der Waals surface area contributed by atoms with E-state index in [0.717, 1.165) is 9.64 Å². The lowest BCUT2D eigenvalue weighted by atomic mass is 10.3.